The summed E-state index contributed by atoms with van der Waals surface area (Å²) in [5.74, 6) is 1.72. The Bertz CT molecular complexity index is 1030. The van der Waals surface area contributed by atoms with Gasteiger partial charge in [-0.2, -0.15) is 0 Å². The quantitative estimate of drug-likeness (QED) is 0.712. The Balaban J connectivity index is 1.74. The number of ether oxygens (including phenoxy) is 4. The van der Waals surface area contributed by atoms with Crippen LogP contribution >= 0.6 is 0 Å². The van der Waals surface area contributed by atoms with Gasteiger partial charge in [-0.25, -0.2) is 0 Å². The molecule has 7 nitrogen and oxygen atoms in total. The number of aryl methyl sites for hydroxylation is 1. The second-order valence-electron chi connectivity index (χ2n) is 7.91. The van der Waals surface area contributed by atoms with Crippen molar-refractivity contribution in [1.82, 2.24) is 0 Å². The Morgan fingerprint density at radius 1 is 1.06 bits per heavy atom. The number of likely N-dealkylation sites (tertiary alicyclic amines) is 1. The van der Waals surface area contributed by atoms with E-state index < -0.39 is 0 Å². The molecule has 0 amide bonds. The van der Waals surface area contributed by atoms with Gasteiger partial charge in [0.15, 0.2) is 17.3 Å². The predicted octanol–water partition coefficient (Wildman–Crippen LogP) is 1.89. The van der Waals surface area contributed by atoms with Gasteiger partial charge in [-0.3, -0.25) is 4.79 Å². The van der Waals surface area contributed by atoms with E-state index in [-0.39, 0.29) is 17.3 Å². The monoisotopic (exact) mass is 425 g/mol. The first-order valence-corrected chi connectivity index (χ1v) is 10.4. The molecule has 0 unspecified atom stereocenters. The molecule has 2 aromatic rings. The van der Waals surface area contributed by atoms with Gasteiger partial charge in [-0.05, 0) is 36.3 Å². The molecule has 0 aromatic heterocycles. The summed E-state index contributed by atoms with van der Waals surface area (Å²) in [5.41, 5.74) is 2.36. The molecule has 0 atom stereocenters. The van der Waals surface area contributed by atoms with Crippen molar-refractivity contribution in [2.75, 3.05) is 34.4 Å². The number of methoxy groups -OCH3 is 3. The third-order valence-electron chi connectivity index (χ3n) is 5.93. The average molecular weight is 425 g/mol. The molecule has 1 fully saturated rings. The van der Waals surface area contributed by atoms with E-state index in [4.69, 9.17) is 18.9 Å². The highest BCUT2D eigenvalue weighted by Crippen LogP contribution is 2.42. The zero-order valence-corrected chi connectivity index (χ0v) is 18.3. The molecule has 0 bridgehead atoms. The number of carbonyl (C=O) groups excluding carboxylic acids is 1. The minimum absolute atomic E-state index is 0.0718. The van der Waals surface area contributed by atoms with Crippen LogP contribution in [0.15, 0.2) is 24.0 Å². The summed E-state index contributed by atoms with van der Waals surface area (Å²) in [4.78, 5) is 14.5. The number of ketones is 1. The smallest absolute Gasteiger partial charge is 0.232 e. The SMILES string of the molecule is COc1cc(C=C2Oc3c(C[NH+]4CCCC4)c([O-])cc(C)c3C2=O)cc(OC)c1OC. The topological polar surface area (TPSA) is 81.5 Å². The van der Waals surface area contributed by atoms with Gasteiger partial charge in [0, 0.05) is 18.4 Å². The number of fused-ring (bicyclic) bond motifs is 1. The molecule has 4 rings (SSSR count). The minimum atomic E-state index is -0.223. The Morgan fingerprint density at radius 3 is 2.29 bits per heavy atom. The minimum Gasteiger partial charge on any atom is -0.872 e. The molecule has 0 radical (unpaired) electrons. The molecule has 1 N–H and O–H groups in total. The summed E-state index contributed by atoms with van der Waals surface area (Å²) < 4.78 is 22.2. The maximum absolute atomic E-state index is 13.2. The highest BCUT2D eigenvalue weighted by molar-refractivity contribution is 6.15. The van der Waals surface area contributed by atoms with Gasteiger partial charge < -0.3 is 29.0 Å². The van der Waals surface area contributed by atoms with E-state index in [2.05, 4.69) is 0 Å². The first-order chi connectivity index (χ1) is 15.0. The van der Waals surface area contributed by atoms with Gasteiger partial charge in [-0.1, -0.05) is 11.8 Å². The van der Waals surface area contributed by atoms with E-state index in [9.17, 15) is 9.90 Å². The number of Topliss-reactive ketones (excluding diaryl/α,β-unsaturated/α-hetero) is 1. The molecule has 0 spiro atoms. The molecule has 2 aliphatic rings. The van der Waals surface area contributed by atoms with Crippen LogP contribution in [0, 0.1) is 6.92 Å². The van der Waals surface area contributed by atoms with Crippen molar-refractivity contribution >= 4 is 11.9 Å². The number of nitrogens with one attached hydrogen (secondary N) is 1. The molecule has 164 valence electrons. The Kier molecular flexibility index (Phi) is 5.78. The van der Waals surface area contributed by atoms with E-state index in [0.717, 1.165) is 25.9 Å². The van der Waals surface area contributed by atoms with Crippen molar-refractivity contribution < 1.29 is 33.7 Å². The van der Waals surface area contributed by atoms with Crippen LogP contribution < -0.4 is 29.0 Å². The van der Waals surface area contributed by atoms with E-state index >= 15 is 0 Å². The summed E-state index contributed by atoms with van der Waals surface area (Å²) in [6.07, 6.45) is 3.95. The fourth-order valence-corrected chi connectivity index (χ4v) is 4.37. The van der Waals surface area contributed by atoms with E-state index in [1.165, 1.54) is 26.2 Å². The largest absolute Gasteiger partial charge is 0.872 e. The fraction of sp³-hybridized carbons (Fsp3) is 0.375. The maximum Gasteiger partial charge on any atom is 0.232 e. The van der Waals surface area contributed by atoms with Crippen molar-refractivity contribution in [2.45, 2.75) is 26.3 Å². The van der Waals surface area contributed by atoms with Gasteiger partial charge in [0.05, 0.1) is 40.0 Å². The van der Waals surface area contributed by atoms with Gasteiger partial charge in [0.1, 0.15) is 12.3 Å². The molecule has 7 heteroatoms. The average Bonchev–Trinajstić information content (AvgIpc) is 3.38. The Labute approximate surface area is 181 Å². The van der Waals surface area contributed by atoms with Crippen LogP contribution in [0.2, 0.25) is 0 Å². The molecule has 0 aliphatic carbocycles. The lowest BCUT2D eigenvalue weighted by atomic mass is 9.99. The molecule has 2 heterocycles. The van der Waals surface area contributed by atoms with E-state index in [0.29, 0.717) is 51.8 Å². The van der Waals surface area contributed by atoms with Gasteiger partial charge in [0.25, 0.3) is 0 Å². The lowest BCUT2D eigenvalue weighted by molar-refractivity contribution is -0.901. The normalized spacial score (nSPS) is 17.0. The third kappa shape index (κ3) is 3.81. The lowest BCUT2D eigenvalue weighted by Crippen LogP contribution is -3.08. The number of benzene rings is 2. The number of allylic oxidation sites excluding steroid dienone is 1. The zero-order chi connectivity index (χ0) is 22.1. The number of hydrogen-bond donors (Lipinski definition) is 1. The van der Waals surface area contributed by atoms with Crippen LogP contribution in [0.1, 0.15) is 39.9 Å². The van der Waals surface area contributed by atoms with E-state index in [1.807, 2.05) is 0 Å². The van der Waals surface area contributed by atoms with Crippen LogP contribution in [-0.2, 0) is 6.54 Å². The predicted molar refractivity (Wildman–Crippen MR) is 113 cm³/mol. The van der Waals surface area contributed by atoms with Gasteiger partial charge >= 0.3 is 0 Å². The van der Waals surface area contributed by atoms with E-state index in [1.54, 1.807) is 31.2 Å². The second kappa shape index (κ2) is 8.51. The van der Waals surface area contributed by atoms with Crippen molar-refractivity contribution in [3.63, 3.8) is 0 Å². The van der Waals surface area contributed by atoms with Crippen molar-refractivity contribution in [1.29, 1.82) is 0 Å². The molecule has 2 aliphatic heterocycles. The standard InChI is InChI=1S/C24H27NO6/c1-14-9-17(26)16(13-25-7-5-6-8-25)23-21(14)22(27)18(31-23)10-15-11-19(28-2)24(30-4)20(12-15)29-3/h9-12,26H,5-8,13H2,1-4H3. The highest BCUT2D eigenvalue weighted by atomic mass is 16.5. The molecule has 1 saturated heterocycles. The Morgan fingerprint density at radius 2 is 1.71 bits per heavy atom. The number of carbonyl (C=O) groups is 1. The van der Waals surface area contributed by atoms with Crippen LogP contribution in [0.5, 0.6) is 28.7 Å². The van der Waals surface area contributed by atoms with Gasteiger partial charge in [0.2, 0.25) is 11.5 Å². The fourth-order valence-electron chi connectivity index (χ4n) is 4.37. The summed E-state index contributed by atoms with van der Waals surface area (Å²) in [6.45, 7) is 4.41. The maximum atomic E-state index is 13.2. The van der Waals surface area contributed by atoms with Crippen LogP contribution in [0.3, 0.4) is 0 Å². The molecular weight excluding hydrogens is 398 g/mol. The molecule has 2 aromatic carbocycles. The summed E-state index contributed by atoms with van der Waals surface area (Å²) in [7, 11) is 4.60. The number of rotatable bonds is 6. The second-order valence-corrected chi connectivity index (χ2v) is 7.91. The summed E-state index contributed by atoms with van der Waals surface area (Å²) in [5, 5.41) is 12.7. The highest BCUT2D eigenvalue weighted by Gasteiger charge is 2.33. The van der Waals surface area contributed by atoms with Crippen LogP contribution in [0.25, 0.3) is 6.08 Å². The number of hydrogen-bond acceptors (Lipinski definition) is 6. The first-order valence-electron chi connectivity index (χ1n) is 10.4. The molecular formula is C24H27NO6. The van der Waals surface area contributed by atoms with Gasteiger partial charge in [-0.15, -0.1) is 0 Å². The lowest BCUT2D eigenvalue weighted by Gasteiger charge is -2.20. The first kappa shape index (κ1) is 21.1. The van der Waals surface area contributed by atoms with Crippen LogP contribution in [0.4, 0.5) is 0 Å². The zero-order valence-electron chi connectivity index (χ0n) is 18.3. The molecule has 31 heavy (non-hydrogen) atoms. The summed E-state index contributed by atoms with van der Waals surface area (Å²) in [6, 6.07) is 5.04. The van der Waals surface area contributed by atoms with Crippen molar-refractivity contribution in [2.24, 2.45) is 0 Å². The summed E-state index contributed by atoms with van der Waals surface area (Å²) >= 11 is 0. The Hall–Kier alpha value is -3.19. The number of quaternary nitrogens is 1. The van der Waals surface area contributed by atoms with Crippen molar-refractivity contribution in [3.8, 4) is 28.7 Å². The third-order valence-corrected chi connectivity index (χ3v) is 5.93. The molecule has 0 saturated carbocycles. The van der Waals surface area contributed by atoms with Crippen LogP contribution in [-0.4, -0.2) is 40.2 Å². The van der Waals surface area contributed by atoms with Crippen molar-refractivity contribution in [3.05, 3.63) is 46.2 Å².